The fourth-order valence-corrected chi connectivity index (χ4v) is 4.14. The largest absolute Gasteiger partial charge is 0.356 e. The Kier molecular flexibility index (Phi) is 11.6. The molecular formula is C23H30Cl2N4O3S. The third-order valence-electron chi connectivity index (χ3n) is 4.77. The minimum absolute atomic E-state index is 0.0870. The maximum atomic E-state index is 12.8. The third-order valence-corrected chi connectivity index (χ3v) is 6.32. The Morgan fingerprint density at radius 3 is 2.52 bits per heavy atom. The van der Waals surface area contributed by atoms with Gasteiger partial charge in [-0.25, -0.2) is 4.98 Å². The van der Waals surface area contributed by atoms with Crippen LogP contribution in [0, 0.1) is 0 Å². The van der Waals surface area contributed by atoms with Crippen molar-refractivity contribution in [3.05, 3.63) is 44.9 Å². The predicted octanol–water partition coefficient (Wildman–Crippen LogP) is 5.18. The summed E-state index contributed by atoms with van der Waals surface area (Å²) in [5.41, 5.74) is 0.960. The molecule has 2 N–H and O–H groups in total. The number of nitrogens with one attached hydrogen (secondary N) is 2. The zero-order valence-electron chi connectivity index (χ0n) is 19.0. The van der Waals surface area contributed by atoms with Gasteiger partial charge < -0.3 is 15.5 Å². The Hall–Kier alpha value is -2.16. The SMILES string of the molecule is CCCCCCNC(=O)Cc1csc(NC(=O)CN(CCC)C(=O)c2ccc(Cl)c(Cl)c2)n1. The van der Waals surface area contributed by atoms with E-state index in [9.17, 15) is 14.4 Å². The standard InChI is InChI=1S/C23H30Cl2N4O3S/c1-3-5-6-7-10-26-20(30)13-17-15-33-23(27-17)28-21(31)14-29(11-4-2)22(32)16-8-9-18(24)19(25)12-16/h8-9,12,15H,3-7,10-11,13-14H2,1-2H3,(H,26,30)(H,27,28,31). The van der Waals surface area contributed by atoms with Crippen LogP contribution >= 0.6 is 34.5 Å². The van der Waals surface area contributed by atoms with Gasteiger partial charge in [-0.15, -0.1) is 11.3 Å². The van der Waals surface area contributed by atoms with Crippen molar-refractivity contribution < 1.29 is 14.4 Å². The van der Waals surface area contributed by atoms with Crippen molar-refractivity contribution in [2.75, 3.05) is 25.0 Å². The zero-order chi connectivity index (χ0) is 24.2. The first kappa shape index (κ1) is 27.1. The molecule has 3 amide bonds. The monoisotopic (exact) mass is 512 g/mol. The lowest BCUT2D eigenvalue weighted by atomic mass is 10.2. The van der Waals surface area contributed by atoms with Crippen LogP contribution in [0.2, 0.25) is 10.0 Å². The number of halogens is 2. The summed E-state index contributed by atoms with van der Waals surface area (Å²) in [4.78, 5) is 43.2. The highest BCUT2D eigenvalue weighted by Gasteiger charge is 2.20. The van der Waals surface area contributed by atoms with Crippen molar-refractivity contribution in [1.29, 1.82) is 0 Å². The van der Waals surface area contributed by atoms with Gasteiger partial charge in [-0.05, 0) is 31.0 Å². The number of hydrogen-bond donors (Lipinski definition) is 2. The van der Waals surface area contributed by atoms with Gasteiger partial charge in [0.15, 0.2) is 5.13 Å². The van der Waals surface area contributed by atoms with Gasteiger partial charge in [0.25, 0.3) is 5.91 Å². The Morgan fingerprint density at radius 2 is 1.82 bits per heavy atom. The van der Waals surface area contributed by atoms with Crippen LogP contribution in [-0.4, -0.2) is 47.2 Å². The molecular weight excluding hydrogens is 483 g/mol. The lowest BCUT2D eigenvalue weighted by Crippen LogP contribution is -2.38. The molecule has 0 spiro atoms. The topological polar surface area (TPSA) is 91.4 Å². The Balaban J connectivity index is 1.88. The van der Waals surface area contributed by atoms with Gasteiger partial charge >= 0.3 is 0 Å². The molecule has 180 valence electrons. The number of aromatic nitrogens is 1. The number of hydrogen-bond acceptors (Lipinski definition) is 5. The van der Waals surface area contributed by atoms with Crippen LogP contribution in [-0.2, 0) is 16.0 Å². The highest BCUT2D eigenvalue weighted by atomic mass is 35.5. The molecule has 0 aliphatic rings. The molecule has 1 heterocycles. The van der Waals surface area contributed by atoms with E-state index in [4.69, 9.17) is 23.2 Å². The first-order valence-corrected chi connectivity index (χ1v) is 12.7. The van der Waals surface area contributed by atoms with Gasteiger partial charge in [0.1, 0.15) is 6.54 Å². The van der Waals surface area contributed by atoms with Crippen LogP contribution in [0.25, 0.3) is 0 Å². The number of carbonyl (C=O) groups is 3. The molecule has 0 fully saturated rings. The average molecular weight is 513 g/mol. The predicted molar refractivity (Wildman–Crippen MR) is 134 cm³/mol. The summed E-state index contributed by atoms with van der Waals surface area (Å²) >= 11 is 13.2. The van der Waals surface area contributed by atoms with E-state index in [0.717, 1.165) is 19.3 Å². The van der Waals surface area contributed by atoms with E-state index < -0.39 is 0 Å². The zero-order valence-corrected chi connectivity index (χ0v) is 21.3. The molecule has 0 saturated carbocycles. The Bertz CT molecular complexity index is 952. The Labute approximate surface area is 208 Å². The minimum atomic E-state index is -0.363. The van der Waals surface area contributed by atoms with Crippen LogP contribution in [0.15, 0.2) is 23.6 Å². The number of nitrogens with zero attached hydrogens (tertiary/aromatic N) is 2. The van der Waals surface area contributed by atoms with Gasteiger partial charge in [0.05, 0.1) is 22.2 Å². The van der Waals surface area contributed by atoms with Crippen molar-refractivity contribution in [3.63, 3.8) is 0 Å². The molecule has 0 aliphatic heterocycles. The second kappa shape index (κ2) is 14.2. The van der Waals surface area contributed by atoms with Crippen molar-refractivity contribution in [2.45, 2.75) is 52.4 Å². The Morgan fingerprint density at radius 1 is 1.03 bits per heavy atom. The number of carbonyl (C=O) groups excluding carboxylic acids is 3. The van der Waals surface area contributed by atoms with Crippen LogP contribution in [0.1, 0.15) is 62.0 Å². The second-order valence-corrected chi connectivity index (χ2v) is 9.31. The fraction of sp³-hybridized carbons (Fsp3) is 0.478. The van der Waals surface area contributed by atoms with Crippen LogP contribution in [0.5, 0.6) is 0 Å². The van der Waals surface area contributed by atoms with E-state index in [1.165, 1.54) is 28.7 Å². The number of amides is 3. The van der Waals surface area contributed by atoms with Crippen LogP contribution in [0.3, 0.4) is 0 Å². The molecule has 0 radical (unpaired) electrons. The molecule has 0 saturated heterocycles. The van der Waals surface area contributed by atoms with E-state index in [-0.39, 0.29) is 35.7 Å². The molecule has 0 aliphatic carbocycles. The molecule has 1 aromatic carbocycles. The number of rotatable bonds is 13. The summed E-state index contributed by atoms with van der Waals surface area (Å²) in [6.07, 6.45) is 5.24. The first-order valence-electron chi connectivity index (χ1n) is 11.1. The van der Waals surface area contributed by atoms with Crippen molar-refractivity contribution >= 4 is 57.4 Å². The minimum Gasteiger partial charge on any atom is -0.356 e. The summed E-state index contributed by atoms with van der Waals surface area (Å²) in [5, 5.41) is 8.39. The highest BCUT2D eigenvalue weighted by molar-refractivity contribution is 7.13. The van der Waals surface area contributed by atoms with Gasteiger partial charge in [-0.2, -0.15) is 0 Å². The molecule has 1 aromatic heterocycles. The average Bonchev–Trinajstić information content (AvgIpc) is 3.21. The smallest absolute Gasteiger partial charge is 0.254 e. The van der Waals surface area contributed by atoms with Crippen molar-refractivity contribution in [2.24, 2.45) is 0 Å². The number of thiazole rings is 1. The highest BCUT2D eigenvalue weighted by Crippen LogP contribution is 2.23. The normalized spacial score (nSPS) is 10.7. The quantitative estimate of drug-likeness (QED) is 0.361. The van der Waals surface area contributed by atoms with E-state index in [0.29, 0.717) is 40.9 Å². The summed E-state index contributed by atoms with van der Waals surface area (Å²) in [5.74, 6) is -0.754. The van der Waals surface area contributed by atoms with Gasteiger partial charge in [-0.1, -0.05) is 56.3 Å². The fourth-order valence-electron chi connectivity index (χ4n) is 3.12. The van der Waals surface area contributed by atoms with E-state index in [1.54, 1.807) is 17.5 Å². The van der Waals surface area contributed by atoms with E-state index >= 15 is 0 Å². The van der Waals surface area contributed by atoms with Crippen LogP contribution < -0.4 is 10.6 Å². The number of benzene rings is 1. The number of anilines is 1. The number of unbranched alkanes of at least 4 members (excludes halogenated alkanes) is 3. The molecule has 2 rings (SSSR count). The molecule has 0 atom stereocenters. The molecule has 0 unspecified atom stereocenters. The van der Waals surface area contributed by atoms with E-state index in [2.05, 4.69) is 22.5 Å². The maximum absolute atomic E-state index is 12.8. The summed E-state index contributed by atoms with van der Waals surface area (Å²) in [7, 11) is 0. The summed E-state index contributed by atoms with van der Waals surface area (Å²) in [6.45, 7) is 5.02. The third kappa shape index (κ3) is 9.31. The van der Waals surface area contributed by atoms with Crippen LogP contribution in [0.4, 0.5) is 5.13 Å². The molecule has 7 nitrogen and oxygen atoms in total. The molecule has 10 heteroatoms. The lowest BCUT2D eigenvalue weighted by molar-refractivity contribution is -0.120. The summed E-state index contributed by atoms with van der Waals surface area (Å²) < 4.78 is 0. The maximum Gasteiger partial charge on any atom is 0.254 e. The van der Waals surface area contributed by atoms with Crippen molar-refractivity contribution in [1.82, 2.24) is 15.2 Å². The first-order chi connectivity index (χ1) is 15.8. The lowest BCUT2D eigenvalue weighted by Gasteiger charge is -2.21. The van der Waals surface area contributed by atoms with Crippen molar-refractivity contribution in [3.8, 4) is 0 Å². The van der Waals surface area contributed by atoms with Gasteiger partial charge in [0, 0.05) is 24.0 Å². The second-order valence-electron chi connectivity index (χ2n) is 7.64. The molecule has 0 bridgehead atoms. The van der Waals surface area contributed by atoms with E-state index in [1.807, 2.05) is 6.92 Å². The van der Waals surface area contributed by atoms with Gasteiger partial charge in [-0.3, -0.25) is 14.4 Å². The van der Waals surface area contributed by atoms with Gasteiger partial charge in [0.2, 0.25) is 11.8 Å². The summed E-state index contributed by atoms with van der Waals surface area (Å²) in [6, 6.07) is 4.63. The molecule has 2 aromatic rings. The molecule has 33 heavy (non-hydrogen) atoms.